The number of carbonyl (C=O) groups excluding carboxylic acids is 15. The number of nitrogens with two attached hydrogens (primary N) is 6. The standard InChI is InChI=1S/C86H141N15O22/c1-5-6-7-8-9-10-11-12-13-14-15-16-17-25-63(106)32-34-77(115)96-68(50-103)73(111)45-60(40-62-48-93-52-95-62)84(122)99-67(39-55-27-30-64(107)31-28-55)72(110)43-58(29-33-76(89)114)83(121)97-65(26-19-21-36-88)70(108)41-56(23-18-20-35-87)81(119)98-66(38-53(2)3)71(109)42-57(24-22-37-94-86(91)92)82(120)100-69(51-104)74(112)46-61(49-102)85(123)101-79(54(4)105)75(113)44-59(80(90)118)47-78(116)117/h27-28,30-31,48,52-54,56-61,65-69,79,102-105,107H,5-26,29,32-47,49-51,87-88H2,1-4H3,(H2,89,114)(H2,90,118)(H,93,95)(H,96,115)(H,97,121)(H,98,119)(H,99,122)(H,100,120)(H,101,123)(H,116,117)(H4,91,92,94)/t54-,56-,57-,58-,59+,60-,61+,65+,66+,67+,68+,69+,79+/m1/s1. The lowest BCUT2D eigenvalue weighted by molar-refractivity contribution is -0.142. The van der Waals surface area contributed by atoms with E-state index in [9.17, 15) is 103 Å². The van der Waals surface area contributed by atoms with Crippen molar-refractivity contribution in [1.82, 2.24) is 41.9 Å². The Balaban J connectivity index is 2.49. The van der Waals surface area contributed by atoms with Crippen LogP contribution in [-0.4, -0.2) is 222 Å². The molecule has 1 aromatic heterocycles. The number of amides is 8. The molecule has 0 saturated carbocycles. The van der Waals surface area contributed by atoms with Crippen LogP contribution >= 0.6 is 0 Å². The van der Waals surface area contributed by atoms with Gasteiger partial charge in [-0.1, -0.05) is 116 Å². The first-order valence-corrected chi connectivity index (χ1v) is 43.5. The number of phenols is 1. The number of phenolic OH excluding ortho intramolecular Hbond substituents is 1. The van der Waals surface area contributed by atoms with Gasteiger partial charge in [-0.25, -0.2) is 4.98 Å². The number of unbranched alkanes of at least 4 members (excludes halogenated alkanes) is 14. The van der Waals surface area contributed by atoms with Crippen molar-refractivity contribution < 1.29 is 107 Å². The number of carbonyl (C=O) groups is 16. The third-order valence-corrected chi connectivity index (χ3v) is 21.6. The van der Waals surface area contributed by atoms with Crippen molar-refractivity contribution >= 4 is 99.7 Å². The molecule has 1 aromatic carbocycles. The Morgan fingerprint density at radius 2 is 0.902 bits per heavy atom. The number of benzene rings is 1. The van der Waals surface area contributed by atoms with Crippen molar-refractivity contribution in [2.75, 3.05) is 39.5 Å². The number of carboxylic acid groups (broad SMARTS) is 1. The Morgan fingerprint density at radius 3 is 1.40 bits per heavy atom. The highest BCUT2D eigenvalue weighted by molar-refractivity contribution is 6.00. The maximum Gasteiger partial charge on any atom is 0.304 e. The molecule has 0 fully saturated rings. The molecule has 0 aliphatic rings. The number of aromatic nitrogens is 2. The lowest BCUT2D eigenvalue weighted by Gasteiger charge is -2.27. The number of Topliss-reactive ketones (excluding diaryl/α,β-unsaturated/α-hetero) is 7. The van der Waals surface area contributed by atoms with Crippen LogP contribution in [0, 0.1) is 41.4 Å². The molecule has 0 aliphatic heterocycles. The summed E-state index contributed by atoms with van der Waals surface area (Å²) in [6.07, 6.45) is 11.0. The second-order valence-electron chi connectivity index (χ2n) is 32.7. The van der Waals surface area contributed by atoms with Gasteiger partial charge in [-0.15, -0.1) is 0 Å². The molecule has 0 aliphatic carbocycles. The first kappa shape index (κ1) is 109. The number of primary amides is 2. The second-order valence-corrected chi connectivity index (χ2v) is 32.7. The van der Waals surface area contributed by atoms with Crippen molar-refractivity contribution in [2.24, 2.45) is 80.8 Å². The van der Waals surface area contributed by atoms with Crippen LogP contribution in [0.15, 0.2) is 41.8 Å². The highest BCUT2D eigenvalue weighted by Crippen LogP contribution is 2.26. The number of aliphatic hydroxyl groups is 4. The molecular weight excluding hydrogens is 1600 g/mol. The lowest BCUT2D eigenvalue weighted by Crippen LogP contribution is -2.52. The molecule has 123 heavy (non-hydrogen) atoms. The van der Waals surface area contributed by atoms with Crippen molar-refractivity contribution in [1.29, 1.82) is 0 Å². The number of nitrogens with one attached hydrogen (secondary N) is 7. The molecule has 0 radical (unpaired) electrons. The van der Waals surface area contributed by atoms with Gasteiger partial charge in [-0.05, 0) is 114 Å². The number of aliphatic hydroxyl groups excluding tert-OH is 4. The van der Waals surface area contributed by atoms with Crippen LogP contribution in [0.5, 0.6) is 5.75 Å². The monoisotopic (exact) mass is 1740 g/mol. The number of ketones is 7. The number of H-pyrrole nitrogens is 1. The van der Waals surface area contributed by atoms with Gasteiger partial charge in [-0.3, -0.25) is 81.7 Å². The summed E-state index contributed by atoms with van der Waals surface area (Å²) in [5.41, 5.74) is 34.6. The molecule has 2 aromatic rings. The van der Waals surface area contributed by atoms with Gasteiger partial charge in [0.25, 0.3) is 0 Å². The maximum absolute atomic E-state index is 15.0. The van der Waals surface area contributed by atoms with E-state index in [1.807, 2.05) is 0 Å². The summed E-state index contributed by atoms with van der Waals surface area (Å²) in [6.45, 7) is 4.12. The molecule has 2 rings (SSSR count). The van der Waals surface area contributed by atoms with E-state index in [-0.39, 0.29) is 114 Å². The predicted molar refractivity (Wildman–Crippen MR) is 457 cm³/mol. The average molecular weight is 1740 g/mol. The fourth-order valence-corrected chi connectivity index (χ4v) is 14.3. The topological polar surface area (TPSA) is 664 Å². The molecule has 13 atom stereocenters. The van der Waals surface area contributed by atoms with E-state index in [0.717, 1.165) is 32.6 Å². The first-order chi connectivity index (χ1) is 58.5. The van der Waals surface area contributed by atoms with E-state index in [4.69, 9.17) is 34.4 Å². The van der Waals surface area contributed by atoms with E-state index in [0.29, 0.717) is 43.4 Å². The number of aromatic amines is 1. The minimum Gasteiger partial charge on any atom is -0.508 e. The van der Waals surface area contributed by atoms with Crippen LogP contribution in [0.1, 0.15) is 257 Å². The van der Waals surface area contributed by atoms with Gasteiger partial charge in [0.2, 0.25) is 47.3 Å². The Morgan fingerprint density at radius 1 is 0.447 bits per heavy atom. The molecule has 8 amide bonds. The molecule has 37 heteroatoms. The van der Waals surface area contributed by atoms with Crippen LogP contribution in [0.4, 0.5) is 0 Å². The molecule has 37 nitrogen and oxygen atoms in total. The smallest absolute Gasteiger partial charge is 0.304 e. The van der Waals surface area contributed by atoms with Crippen molar-refractivity contribution in [3.8, 4) is 5.75 Å². The minimum absolute atomic E-state index is 0.0143. The number of aromatic hydroxyl groups is 1. The normalized spacial score (nSPS) is 14.5. The Labute approximate surface area is 721 Å². The molecular formula is C86H141N15O22. The van der Waals surface area contributed by atoms with Gasteiger partial charge in [0.05, 0.1) is 74.6 Å². The number of nitrogens with zero attached hydrogens (tertiary/aromatic N) is 2. The summed E-state index contributed by atoms with van der Waals surface area (Å²) in [6, 6.07) is -3.58. The Hall–Kier alpha value is -9.82. The summed E-state index contributed by atoms with van der Waals surface area (Å²) < 4.78 is 0. The van der Waals surface area contributed by atoms with Gasteiger partial charge in [-0.2, -0.15) is 0 Å². The zero-order chi connectivity index (χ0) is 91.9. The van der Waals surface area contributed by atoms with E-state index in [1.54, 1.807) is 13.8 Å². The molecule has 0 unspecified atom stereocenters. The summed E-state index contributed by atoms with van der Waals surface area (Å²) in [5, 5.41) is 76.5. The summed E-state index contributed by atoms with van der Waals surface area (Å²) in [5.74, 6) is -23.0. The Bertz CT molecular complexity index is 3650. The number of hydrogen-bond acceptors (Lipinski definition) is 25. The zero-order valence-electron chi connectivity index (χ0n) is 72.3. The first-order valence-electron chi connectivity index (χ1n) is 43.5. The van der Waals surface area contributed by atoms with Crippen LogP contribution in [0.2, 0.25) is 0 Å². The van der Waals surface area contributed by atoms with Crippen LogP contribution < -0.4 is 66.3 Å². The highest BCUT2D eigenvalue weighted by atomic mass is 16.4. The van der Waals surface area contributed by atoms with Crippen molar-refractivity contribution in [3.63, 3.8) is 0 Å². The molecule has 692 valence electrons. The van der Waals surface area contributed by atoms with E-state index in [1.165, 1.54) is 88.2 Å². The SMILES string of the molecule is CCCCCCCCCCCCCCCC(=O)CCC(=O)N[C@@H](CO)C(=O)C[C@@H](Cc1cnc[nH]1)C(=O)N[C@@H](Cc1ccc(O)cc1)C(=O)C[C@@H](CCC(N)=O)C(=O)N[C@@H](CCCCN)C(=O)C[C@@H](CCCCN)C(=O)N[C@@H](CC(C)C)C(=O)C[C@@H](CCCN=C(N)N)C(=O)N[C@@H](CO)C(=O)C[C@@H](CO)C(=O)N[C@H](C(=O)C[C@@H](CC(=O)O)C(N)=O)[C@@H](C)O. The number of rotatable bonds is 74. The summed E-state index contributed by atoms with van der Waals surface area (Å²) in [7, 11) is 0. The van der Waals surface area contributed by atoms with E-state index in [2.05, 4.69) is 53.8 Å². The molecule has 0 spiro atoms. The van der Waals surface area contributed by atoms with Crippen LogP contribution in [-0.2, 0) is 89.6 Å². The molecule has 25 N–H and O–H groups in total. The van der Waals surface area contributed by atoms with Crippen molar-refractivity contribution in [3.05, 3.63) is 48.0 Å². The largest absolute Gasteiger partial charge is 0.508 e. The zero-order valence-corrected chi connectivity index (χ0v) is 72.3. The number of guanidine groups is 1. The van der Waals surface area contributed by atoms with E-state index < -0.39 is 237 Å². The van der Waals surface area contributed by atoms with Gasteiger partial charge in [0.1, 0.15) is 29.7 Å². The van der Waals surface area contributed by atoms with E-state index >= 15 is 4.79 Å². The van der Waals surface area contributed by atoms with Crippen LogP contribution in [0.25, 0.3) is 0 Å². The fraction of sp³-hybridized carbons (Fsp3) is 0.698. The molecule has 1 heterocycles. The number of aliphatic imine (C=N–C) groups is 1. The third kappa shape index (κ3) is 46.5. The third-order valence-electron chi connectivity index (χ3n) is 21.6. The minimum atomic E-state index is -1.78. The number of aliphatic carboxylic acids is 1. The van der Waals surface area contributed by atoms with Gasteiger partial charge < -0.3 is 102 Å². The maximum atomic E-state index is 15.0. The van der Waals surface area contributed by atoms with Crippen molar-refractivity contribution in [2.45, 2.75) is 301 Å². The summed E-state index contributed by atoms with van der Waals surface area (Å²) in [4.78, 5) is 231. The second kappa shape index (κ2) is 62.3. The fourth-order valence-electron chi connectivity index (χ4n) is 14.3. The van der Waals surface area contributed by atoms with Gasteiger partial charge >= 0.3 is 5.97 Å². The van der Waals surface area contributed by atoms with Crippen LogP contribution in [0.3, 0.4) is 0 Å². The number of imidazole rings is 1. The quantitative estimate of drug-likeness (QED) is 0.0256. The Kier molecular flexibility index (Phi) is 55.3. The lowest BCUT2D eigenvalue weighted by atomic mass is 9.87. The predicted octanol–water partition coefficient (Wildman–Crippen LogP) is 2.03. The van der Waals surface area contributed by atoms with Gasteiger partial charge in [0.15, 0.2) is 40.7 Å². The highest BCUT2D eigenvalue weighted by Gasteiger charge is 2.39. The number of carboxylic acids is 1. The van der Waals surface area contributed by atoms with Gasteiger partial charge in [0, 0.05) is 107 Å². The number of hydrogen-bond donors (Lipinski definition) is 19. The summed E-state index contributed by atoms with van der Waals surface area (Å²) >= 11 is 0. The molecule has 0 bridgehead atoms. The average Bonchev–Trinajstić information content (AvgIpc) is 1.29. The molecule has 0 saturated heterocycles.